The number of aromatic nitrogens is 1. The number of anilines is 1. The molecule has 0 unspecified atom stereocenters. The molecule has 0 amide bonds. The van der Waals surface area contributed by atoms with Crippen LogP contribution in [-0.2, 0) is 6.42 Å². The van der Waals surface area contributed by atoms with Gasteiger partial charge in [0.25, 0.3) is 0 Å². The fourth-order valence-corrected chi connectivity index (χ4v) is 2.15. The molecule has 17 heavy (non-hydrogen) atoms. The second kappa shape index (κ2) is 6.20. The van der Waals surface area contributed by atoms with E-state index in [4.69, 9.17) is 5.73 Å². The minimum absolute atomic E-state index is 0.358. The number of rotatable bonds is 6. The molecule has 0 atom stereocenters. The summed E-state index contributed by atoms with van der Waals surface area (Å²) < 4.78 is 36.9. The van der Waals surface area contributed by atoms with Crippen LogP contribution in [0.1, 0.15) is 19.0 Å². The van der Waals surface area contributed by atoms with Crippen molar-refractivity contribution in [2.24, 2.45) is 0 Å². The van der Waals surface area contributed by atoms with Gasteiger partial charge in [-0.25, -0.2) is 4.98 Å². The van der Waals surface area contributed by atoms with Crippen LogP contribution in [0.5, 0.6) is 0 Å². The molecule has 0 saturated heterocycles. The molecular formula is C10H16F3N3S. The summed E-state index contributed by atoms with van der Waals surface area (Å²) >= 11 is 1.31. The molecule has 1 aromatic rings. The summed E-state index contributed by atoms with van der Waals surface area (Å²) in [6, 6.07) is 0. The fourth-order valence-electron chi connectivity index (χ4n) is 1.55. The van der Waals surface area contributed by atoms with Gasteiger partial charge in [0.2, 0.25) is 0 Å². The normalized spacial score (nSPS) is 12.3. The van der Waals surface area contributed by atoms with Crippen molar-refractivity contribution in [3.63, 3.8) is 0 Å². The monoisotopic (exact) mass is 267 g/mol. The van der Waals surface area contributed by atoms with Gasteiger partial charge in [-0.05, 0) is 13.0 Å². The summed E-state index contributed by atoms with van der Waals surface area (Å²) in [5.41, 5.74) is 6.22. The van der Waals surface area contributed by atoms with Crippen LogP contribution in [0.15, 0.2) is 5.38 Å². The second-order valence-corrected chi connectivity index (χ2v) is 4.71. The van der Waals surface area contributed by atoms with E-state index in [1.165, 1.54) is 16.2 Å². The number of nitrogens with two attached hydrogens (primary N) is 1. The Kier molecular flexibility index (Phi) is 5.20. The topological polar surface area (TPSA) is 42.1 Å². The Morgan fingerprint density at radius 3 is 2.59 bits per heavy atom. The highest BCUT2D eigenvalue weighted by molar-refractivity contribution is 7.13. The van der Waals surface area contributed by atoms with Gasteiger partial charge >= 0.3 is 6.18 Å². The molecule has 0 aliphatic rings. The lowest BCUT2D eigenvalue weighted by atomic mass is 10.3. The van der Waals surface area contributed by atoms with Crippen LogP contribution in [0.2, 0.25) is 0 Å². The summed E-state index contributed by atoms with van der Waals surface area (Å²) in [4.78, 5) is 5.43. The number of alkyl halides is 3. The van der Waals surface area contributed by atoms with Crippen LogP contribution in [0.3, 0.4) is 0 Å². The van der Waals surface area contributed by atoms with Gasteiger partial charge in [0.1, 0.15) is 0 Å². The first-order valence-electron chi connectivity index (χ1n) is 5.39. The van der Waals surface area contributed by atoms with Crippen molar-refractivity contribution < 1.29 is 13.2 Å². The Labute approximate surface area is 102 Å². The van der Waals surface area contributed by atoms with E-state index in [1.807, 2.05) is 6.92 Å². The predicted molar refractivity (Wildman–Crippen MR) is 63.0 cm³/mol. The van der Waals surface area contributed by atoms with Crippen molar-refractivity contribution in [3.8, 4) is 0 Å². The maximum Gasteiger partial charge on any atom is 0.401 e. The van der Waals surface area contributed by atoms with Gasteiger partial charge in [-0.1, -0.05) is 6.92 Å². The Balaban J connectivity index is 2.44. The zero-order valence-corrected chi connectivity index (χ0v) is 10.4. The molecule has 0 radical (unpaired) electrons. The molecule has 2 N–H and O–H groups in total. The highest BCUT2D eigenvalue weighted by Crippen LogP contribution is 2.17. The zero-order chi connectivity index (χ0) is 12.9. The summed E-state index contributed by atoms with van der Waals surface area (Å²) in [6.07, 6.45) is -2.94. The molecule has 7 heteroatoms. The van der Waals surface area contributed by atoms with Gasteiger partial charge in [-0.2, -0.15) is 13.2 Å². The van der Waals surface area contributed by atoms with Gasteiger partial charge < -0.3 is 5.73 Å². The molecule has 0 aromatic carbocycles. The lowest BCUT2D eigenvalue weighted by Crippen LogP contribution is -2.36. The average molecular weight is 267 g/mol. The number of thiazole rings is 1. The largest absolute Gasteiger partial charge is 0.401 e. The van der Waals surface area contributed by atoms with Crippen molar-refractivity contribution in [2.75, 3.05) is 25.4 Å². The first-order valence-corrected chi connectivity index (χ1v) is 6.27. The summed E-state index contributed by atoms with van der Waals surface area (Å²) in [5, 5.41) is 2.24. The van der Waals surface area contributed by atoms with Crippen LogP contribution in [0.4, 0.5) is 18.3 Å². The van der Waals surface area contributed by atoms with E-state index >= 15 is 0 Å². The number of nitrogen functional groups attached to an aromatic ring is 1. The van der Waals surface area contributed by atoms with Crippen molar-refractivity contribution >= 4 is 16.5 Å². The summed E-state index contributed by atoms with van der Waals surface area (Å²) in [6.45, 7) is 1.81. The van der Waals surface area contributed by atoms with Gasteiger partial charge in [0, 0.05) is 18.3 Å². The molecule has 1 aromatic heterocycles. The molecule has 0 aliphatic heterocycles. The molecule has 98 valence electrons. The summed E-state index contributed by atoms with van der Waals surface area (Å²) in [7, 11) is 0. The lowest BCUT2D eigenvalue weighted by Gasteiger charge is -2.22. The van der Waals surface area contributed by atoms with E-state index in [-0.39, 0.29) is 0 Å². The minimum Gasteiger partial charge on any atom is -0.375 e. The van der Waals surface area contributed by atoms with Gasteiger partial charge in [-0.3, -0.25) is 4.90 Å². The Hall–Kier alpha value is -0.820. The summed E-state index contributed by atoms with van der Waals surface area (Å²) in [5.74, 6) is 0. The zero-order valence-electron chi connectivity index (χ0n) is 9.63. The van der Waals surface area contributed by atoms with Crippen LogP contribution in [0, 0.1) is 0 Å². The third kappa shape index (κ3) is 5.88. The van der Waals surface area contributed by atoms with Crippen LogP contribution >= 0.6 is 11.3 Å². The molecule has 0 fully saturated rings. The van der Waals surface area contributed by atoms with Gasteiger partial charge in [0.05, 0.1) is 12.2 Å². The first kappa shape index (κ1) is 14.2. The standard InChI is InChI=1S/C10H16F3N3S/c1-2-4-16(7-10(11,12)13)5-3-8-6-17-9(14)15-8/h6H,2-5,7H2,1H3,(H2,14,15). The van der Waals surface area contributed by atoms with E-state index in [2.05, 4.69) is 4.98 Å². The molecule has 1 rings (SSSR count). The van der Waals surface area contributed by atoms with E-state index in [0.29, 0.717) is 31.1 Å². The van der Waals surface area contributed by atoms with Crippen molar-refractivity contribution in [3.05, 3.63) is 11.1 Å². The van der Waals surface area contributed by atoms with Crippen molar-refractivity contribution in [1.82, 2.24) is 9.88 Å². The maximum absolute atomic E-state index is 12.3. The number of halogens is 3. The Morgan fingerprint density at radius 1 is 1.41 bits per heavy atom. The van der Waals surface area contributed by atoms with E-state index < -0.39 is 12.7 Å². The lowest BCUT2D eigenvalue weighted by molar-refractivity contribution is -0.145. The third-order valence-electron chi connectivity index (χ3n) is 2.20. The van der Waals surface area contributed by atoms with E-state index in [1.54, 1.807) is 5.38 Å². The quantitative estimate of drug-likeness (QED) is 0.861. The Bertz CT molecular complexity index is 338. The van der Waals surface area contributed by atoms with E-state index in [9.17, 15) is 13.2 Å². The average Bonchev–Trinajstić information content (AvgIpc) is 2.59. The predicted octanol–water partition coefficient (Wildman–Crippen LogP) is 2.54. The van der Waals surface area contributed by atoms with Crippen molar-refractivity contribution in [2.45, 2.75) is 25.9 Å². The molecule has 1 heterocycles. The third-order valence-corrected chi connectivity index (χ3v) is 2.92. The minimum atomic E-state index is -4.14. The number of hydrogen-bond acceptors (Lipinski definition) is 4. The second-order valence-electron chi connectivity index (χ2n) is 3.82. The molecule has 0 spiro atoms. The molecule has 0 bridgehead atoms. The highest BCUT2D eigenvalue weighted by atomic mass is 32.1. The Morgan fingerprint density at radius 2 is 2.12 bits per heavy atom. The maximum atomic E-state index is 12.3. The smallest absolute Gasteiger partial charge is 0.375 e. The molecule has 0 saturated carbocycles. The molecule has 0 aliphatic carbocycles. The fraction of sp³-hybridized carbons (Fsp3) is 0.700. The van der Waals surface area contributed by atoms with Crippen LogP contribution in [-0.4, -0.2) is 35.7 Å². The number of hydrogen-bond donors (Lipinski definition) is 1. The van der Waals surface area contributed by atoms with E-state index in [0.717, 1.165) is 5.69 Å². The SMILES string of the molecule is CCCN(CCc1csc(N)n1)CC(F)(F)F. The number of nitrogens with zero attached hydrogens (tertiary/aromatic N) is 2. The van der Waals surface area contributed by atoms with Gasteiger partial charge in [-0.15, -0.1) is 11.3 Å². The van der Waals surface area contributed by atoms with Crippen LogP contribution in [0.25, 0.3) is 0 Å². The van der Waals surface area contributed by atoms with Gasteiger partial charge in [0.15, 0.2) is 5.13 Å². The molecular weight excluding hydrogens is 251 g/mol. The van der Waals surface area contributed by atoms with Crippen LogP contribution < -0.4 is 5.73 Å². The molecule has 3 nitrogen and oxygen atoms in total. The van der Waals surface area contributed by atoms with Crippen molar-refractivity contribution in [1.29, 1.82) is 0 Å². The highest BCUT2D eigenvalue weighted by Gasteiger charge is 2.30. The first-order chi connectivity index (χ1) is 7.90.